The summed E-state index contributed by atoms with van der Waals surface area (Å²) in [6.07, 6.45) is 3.51. The maximum absolute atomic E-state index is 10.9. The Morgan fingerprint density at radius 2 is 2.21 bits per heavy atom. The number of aliphatic hydroxyl groups excluding tert-OH is 1. The highest BCUT2D eigenvalue weighted by atomic mass is 35.5. The minimum atomic E-state index is -0.852. The minimum Gasteiger partial charge on any atom is -0.481 e. The van der Waals surface area contributed by atoms with Crippen molar-refractivity contribution in [2.45, 2.75) is 44.6 Å². The Kier molecular flexibility index (Phi) is 4.48. The number of benzene rings is 1. The van der Waals surface area contributed by atoms with Crippen molar-refractivity contribution >= 4 is 17.6 Å². The lowest BCUT2D eigenvalue weighted by Gasteiger charge is -2.16. The molecule has 2 N–H and O–H groups in total. The zero-order valence-electron chi connectivity index (χ0n) is 11.0. The lowest BCUT2D eigenvalue weighted by Crippen LogP contribution is -2.16. The van der Waals surface area contributed by atoms with Crippen molar-refractivity contribution in [1.82, 2.24) is 0 Å². The topological polar surface area (TPSA) is 57.5 Å². The average molecular weight is 283 g/mol. The summed E-state index contributed by atoms with van der Waals surface area (Å²) in [5.74, 6) is -1.13. The van der Waals surface area contributed by atoms with Gasteiger partial charge in [0.1, 0.15) is 0 Å². The first-order valence-corrected chi connectivity index (χ1v) is 7.06. The van der Waals surface area contributed by atoms with Gasteiger partial charge < -0.3 is 10.2 Å². The first-order chi connectivity index (χ1) is 8.99. The second kappa shape index (κ2) is 5.93. The SMILES string of the molecule is CC(C(=O)O)c1ccc(C[C@H]2CCC[C@@H]2O)c(Cl)c1. The van der Waals surface area contributed by atoms with Crippen molar-refractivity contribution in [2.24, 2.45) is 5.92 Å². The molecule has 3 atom stereocenters. The first kappa shape index (κ1) is 14.4. The van der Waals surface area contributed by atoms with Gasteiger partial charge in [-0.3, -0.25) is 4.79 Å². The molecule has 0 amide bonds. The zero-order valence-corrected chi connectivity index (χ0v) is 11.7. The van der Waals surface area contributed by atoms with E-state index >= 15 is 0 Å². The molecule has 3 nitrogen and oxygen atoms in total. The summed E-state index contributed by atoms with van der Waals surface area (Å²) in [6, 6.07) is 5.44. The van der Waals surface area contributed by atoms with Crippen LogP contribution in [0.3, 0.4) is 0 Å². The summed E-state index contributed by atoms with van der Waals surface area (Å²) in [6.45, 7) is 1.65. The van der Waals surface area contributed by atoms with Gasteiger partial charge in [0, 0.05) is 5.02 Å². The third kappa shape index (κ3) is 3.28. The fraction of sp³-hybridized carbons (Fsp3) is 0.533. The number of carboxylic acids is 1. The van der Waals surface area contributed by atoms with Gasteiger partial charge in [-0.15, -0.1) is 0 Å². The van der Waals surface area contributed by atoms with Gasteiger partial charge in [-0.2, -0.15) is 0 Å². The molecule has 4 heteroatoms. The highest BCUT2D eigenvalue weighted by molar-refractivity contribution is 6.31. The zero-order chi connectivity index (χ0) is 14.0. The fourth-order valence-electron chi connectivity index (χ4n) is 2.68. The normalized spacial score (nSPS) is 24.4. The van der Waals surface area contributed by atoms with E-state index in [1.165, 1.54) is 0 Å². The molecule has 19 heavy (non-hydrogen) atoms. The number of halogens is 1. The summed E-state index contributed by atoms with van der Waals surface area (Å²) >= 11 is 6.23. The van der Waals surface area contributed by atoms with E-state index in [0.717, 1.165) is 31.2 Å². The lowest BCUT2D eigenvalue weighted by molar-refractivity contribution is -0.138. The van der Waals surface area contributed by atoms with E-state index in [1.54, 1.807) is 13.0 Å². The van der Waals surface area contributed by atoms with E-state index in [4.69, 9.17) is 16.7 Å². The van der Waals surface area contributed by atoms with Gasteiger partial charge in [-0.05, 0) is 49.3 Å². The van der Waals surface area contributed by atoms with E-state index in [9.17, 15) is 9.90 Å². The molecular weight excluding hydrogens is 264 g/mol. The molecular formula is C15H19ClO3. The van der Waals surface area contributed by atoms with Gasteiger partial charge in [0.15, 0.2) is 0 Å². The number of rotatable bonds is 4. The number of hydrogen-bond donors (Lipinski definition) is 2. The molecule has 0 aromatic heterocycles. The monoisotopic (exact) mass is 282 g/mol. The molecule has 1 aromatic carbocycles. The predicted octanol–water partition coefficient (Wildman–Crippen LogP) is 3.23. The van der Waals surface area contributed by atoms with Crippen LogP contribution in [0.4, 0.5) is 0 Å². The van der Waals surface area contributed by atoms with Crippen molar-refractivity contribution in [3.8, 4) is 0 Å². The molecule has 1 fully saturated rings. The van der Waals surface area contributed by atoms with Gasteiger partial charge >= 0.3 is 5.97 Å². The quantitative estimate of drug-likeness (QED) is 0.891. The maximum atomic E-state index is 10.9. The highest BCUT2D eigenvalue weighted by Crippen LogP contribution is 2.32. The Labute approximate surface area is 118 Å². The molecule has 0 heterocycles. The summed E-state index contributed by atoms with van der Waals surface area (Å²) in [5.41, 5.74) is 1.71. The summed E-state index contributed by atoms with van der Waals surface area (Å²) < 4.78 is 0. The molecule has 0 spiro atoms. The number of aliphatic hydroxyl groups is 1. The van der Waals surface area contributed by atoms with Crippen LogP contribution >= 0.6 is 11.6 Å². The van der Waals surface area contributed by atoms with Gasteiger partial charge in [-0.25, -0.2) is 0 Å². The third-order valence-corrected chi connectivity index (χ3v) is 4.40. The van der Waals surface area contributed by atoms with Crippen LogP contribution in [0.5, 0.6) is 0 Å². The Morgan fingerprint density at radius 3 is 2.74 bits per heavy atom. The van der Waals surface area contributed by atoms with Gasteiger partial charge in [0.25, 0.3) is 0 Å². The van der Waals surface area contributed by atoms with E-state index < -0.39 is 11.9 Å². The van der Waals surface area contributed by atoms with Crippen LogP contribution in [0.25, 0.3) is 0 Å². The fourth-order valence-corrected chi connectivity index (χ4v) is 2.94. The molecule has 1 aromatic rings. The standard InChI is InChI=1S/C15H19ClO3/c1-9(15(18)19)10-5-6-11(13(16)8-10)7-12-3-2-4-14(12)17/h5-6,8-9,12,14,17H,2-4,7H2,1H3,(H,18,19)/t9?,12-,14+/m1/s1. The Morgan fingerprint density at radius 1 is 1.47 bits per heavy atom. The number of aliphatic carboxylic acids is 1. The largest absolute Gasteiger partial charge is 0.481 e. The smallest absolute Gasteiger partial charge is 0.310 e. The molecule has 1 aliphatic carbocycles. The van der Waals surface area contributed by atoms with Gasteiger partial charge in [-0.1, -0.05) is 30.2 Å². The molecule has 0 saturated heterocycles. The molecule has 104 valence electrons. The van der Waals surface area contributed by atoms with Gasteiger partial charge in [0.05, 0.1) is 12.0 Å². The molecule has 1 aliphatic rings. The number of hydrogen-bond acceptors (Lipinski definition) is 2. The molecule has 0 radical (unpaired) electrons. The Bertz CT molecular complexity index is 472. The van der Waals surface area contributed by atoms with Crippen LogP contribution in [0.15, 0.2) is 18.2 Å². The average Bonchev–Trinajstić information content (AvgIpc) is 2.76. The van der Waals surface area contributed by atoms with Gasteiger partial charge in [0.2, 0.25) is 0 Å². The molecule has 2 rings (SSSR count). The third-order valence-electron chi connectivity index (χ3n) is 4.05. The Balaban J connectivity index is 2.13. The highest BCUT2D eigenvalue weighted by Gasteiger charge is 2.26. The summed E-state index contributed by atoms with van der Waals surface area (Å²) in [7, 11) is 0. The van der Waals surface area contributed by atoms with Crippen molar-refractivity contribution in [3.63, 3.8) is 0 Å². The van der Waals surface area contributed by atoms with Crippen LogP contribution in [0.2, 0.25) is 5.02 Å². The van der Waals surface area contributed by atoms with E-state index in [2.05, 4.69) is 0 Å². The van der Waals surface area contributed by atoms with Crippen molar-refractivity contribution in [3.05, 3.63) is 34.3 Å². The second-order valence-corrected chi connectivity index (χ2v) is 5.78. The van der Waals surface area contributed by atoms with E-state index in [0.29, 0.717) is 10.6 Å². The number of carboxylic acid groups (broad SMARTS) is 1. The van der Waals surface area contributed by atoms with Crippen molar-refractivity contribution in [2.75, 3.05) is 0 Å². The molecule has 0 bridgehead atoms. The van der Waals surface area contributed by atoms with Crippen LogP contribution in [-0.2, 0) is 11.2 Å². The van der Waals surface area contributed by atoms with Crippen LogP contribution in [0, 0.1) is 5.92 Å². The summed E-state index contributed by atoms with van der Waals surface area (Å²) in [4.78, 5) is 10.9. The maximum Gasteiger partial charge on any atom is 0.310 e. The predicted molar refractivity (Wildman–Crippen MR) is 74.6 cm³/mol. The van der Waals surface area contributed by atoms with Crippen molar-refractivity contribution < 1.29 is 15.0 Å². The van der Waals surface area contributed by atoms with E-state index in [-0.39, 0.29) is 12.0 Å². The molecule has 1 unspecified atom stereocenters. The van der Waals surface area contributed by atoms with Crippen LogP contribution < -0.4 is 0 Å². The lowest BCUT2D eigenvalue weighted by atomic mass is 9.93. The first-order valence-electron chi connectivity index (χ1n) is 6.68. The van der Waals surface area contributed by atoms with Crippen LogP contribution in [0.1, 0.15) is 43.2 Å². The van der Waals surface area contributed by atoms with Crippen molar-refractivity contribution in [1.29, 1.82) is 0 Å². The van der Waals surface area contributed by atoms with Crippen LogP contribution in [-0.4, -0.2) is 22.3 Å². The number of carbonyl (C=O) groups is 1. The van der Waals surface area contributed by atoms with E-state index in [1.807, 2.05) is 12.1 Å². The molecule has 1 saturated carbocycles. The summed E-state index contributed by atoms with van der Waals surface area (Å²) in [5, 5.41) is 19.4. The second-order valence-electron chi connectivity index (χ2n) is 5.37. The minimum absolute atomic E-state index is 0.228. The molecule has 0 aliphatic heterocycles. The Hall–Kier alpha value is -1.06.